The van der Waals surface area contributed by atoms with Crippen LogP contribution < -0.4 is 0 Å². The number of carboxylic acid groups (broad SMARTS) is 1. The molecule has 2 heteroatoms. The van der Waals surface area contributed by atoms with E-state index < -0.39 is 5.97 Å². The zero-order valence-corrected chi connectivity index (χ0v) is 41.0. The topological polar surface area (TPSA) is 37.3 Å². The van der Waals surface area contributed by atoms with Crippen molar-refractivity contribution in [2.75, 3.05) is 0 Å². The summed E-state index contributed by atoms with van der Waals surface area (Å²) in [6, 6.07) is 60.9. The first-order valence-corrected chi connectivity index (χ1v) is 25.4. The number of hydrogen-bond donors (Lipinski definition) is 1. The monoisotopic (exact) mass is 936 g/mol. The summed E-state index contributed by atoms with van der Waals surface area (Å²) in [6.07, 6.45) is 11.4. The molecule has 0 saturated heterocycles. The van der Waals surface area contributed by atoms with E-state index in [2.05, 4.69) is 175 Å². The smallest absolute Gasteiger partial charge is 0.336 e. The van der Waals surface area contributed by atoms with Crippen LogP contribution in [-0.4, -0.2) is 11.1 Å². The van der Waals surface area contributed by atoms with Crippen LogP contribution in [0.4, 0.5) is 0 Å². The highest BCUT2D eigenvalue weighted by Crippen LogP contribution is 2.28. The molecule has 0 amide bonds. The zero-order valence-electron chi connectivity index (χ0n) is 41.0. The molecule has 73 heavy (non-hydrogen) atoms. The van der Waals surface area contributed by atoms with Gasteiger partial charge in [0.05, 0.1) is 5.56 Å². The van der Waals surface area contributed by atoms with E-state index >= 15 is 0 Å². The number of unbranched alkanes of at least 4 members (excludes halogenated alkanes) is 8. The summed E-state index contributed by atoms with van der Waals surface area (Å²) in [5.41, 5.74) is 8.62. The minimum atomic E-state index is -0.956. The highest BCUT2D eigenvalue weighted by molar-refractivity contribution is 6.06. The molecule has 1 N–H and O–H groups in total. The van der Waals surface area contributed by atoms with Crippen molar-refractivity contribution in [3.63, 3.8) is 0 Å². The maximum atomic E-state index is 11.9. The quantitative estimate of drug-likeness (QED) is 0.116. The number of carboxylic acids is 1. The Kier molecular flexibility index (Phi) is 14.7. The Bertz CT molecular complexity index is 4090. The first kappa shape index (κ1) is 47.4. The first-order chi connectivity index (χ1) is 36.0. The standard InChI is InChI=1S/C71H52O2/c1-2-3-4-5-6-7-8-9-10-11-22-51-33-34-52(61-24-13-12-23-60(51)61)35-36-53-37-38-54(63-26-15-14-25-62(53)63)39-40-55-41-42-56(65-28-17-16-27-64(55)65)43-44-57-45-46-58(67-30-19-18-29-66(57)67)47-48-59-49-50-70(71(72)73)69-32-21-20-31-68(59)69/h12-21,23-34,37-38,41-42,45-46,49-50H,2-10H2,1H3,(H,72,73). The van der Waals surface area contributed by atoms with Gasteiger partial charge in [0.25, 0.3) is 0 Å². The zero-order chi connectivity index (χ0) is 49.8. The second-order valence-electron chi connectivity index (χ2n) is 18.4. The molecule has 0 radical (unpaired) electrons. The number of hydrogen-bond acceptors (Lipinski definition) is 1. The van der Waals surface area contributed by atoms with Crippen LogP contribution in [-0.2, 0) is 0 Å². The summed E-state index contributed by atoms with van der Waals surface area (Å²) in [6.45, 7) is 2.27. The van der Waals surface area contributed by atoms with Gasteiger partial charge in [0.2, 0.25) is 0 Å². The summed E-state index contributed by atoms with van der Waals surface area (Å²) >= 11 is 0. The van der Waals surface area contributed by atoms with E-state index in [1.165, 1.54) is 44.9 Å². The molecule has 0 fully saturated rings. The number of aromatic carboxylic acids is 1. The van der Waals surface area contributed by atoms with Crippen LogP contribution in [0.25, 0.3) is 53.9 Å². The molecule has 0 saturated carbocycles. The van der Waals surface area contributed by atoms with E-state index in [-0.39, 0.29) is 5.56 Å². The molecule has 0 spiro atoms. The number of benzene rings is 10. The van der Waals surface area contributed by atoms with E-state index in [1.807, 2.05) is 60.7 Å². The van der Waals surface area contributed by atoms with Gasteiger partial charge in [-0.05, 0) is 121 Å². The number of rotatable bonds is 9. The fourth-order valence-electron chi connectivity index (χ4n) is 9.71. The maximum Gasteiger partial charge on any atom is 0.336 e. The second-order valence-corrected chi connectivity index (χ2v) is 18.4. The molecule has 0 aromatic heterocycles. The normalized spacial score (nSPS) is 10.6. The van der Waals surface area contributed by atoms with Crippen LogP contribution in [0.3, 0.4) is 0 Å². The number of carbonyl (C=O) groups is 1. The van der Waals surface area contributed by atoms with Crippen molar-refractivity contribution >= 4 is 59.8 Å². The van der Waals surface area contributed by atoms with Crippen molar-refractivity contribution < 1.29 is 9.90 Å². The van der Waals surface area contributed by atoms with Gasteiger partial charge < -0.3 is 5.11 Å². The summed E-state index contributed by atoms with van der Waals surface area (Å²) in [5.74, 6) is 33.8. The highest BCUT2D eigenvalue weighted by atomic mass is 16.4. The van der Waals surface area contributed by atoms with E-state index in [0.29, 0.717) is 5.39 Å². The molecule has 10 aromatic carbocycles. The third-order valence-electron chi connectivity index (χ3n) is 13.6. The molecule has 0 aliphatic rings. The molecule has 10 aromatic rings. The van der Waals surface area contributed by atoms with Crippen LogP contribution in [0, 0.1) is 59.2 Å². The van der Waals surface area contributed by atoms with Gasteiger partial charge in [-0.25, -0.2) is 4.79 Å². The van der Waals surface area contributed by atoms with Gasteiger partial charge in [-0.15, -0.1) is 0 Å². The summed E-state index contributed by atoms with van der Waals surface area (Å²) < 4.78 is 0. The Labute approximate surface area is 429 Å². The van der Waals surface area contributed by atoms with Crippen molar-refractivity contribution in [2.45, 2.75) is 64.7 Å². The second kappa shape index (κ2) is 22.7. The molecule has 0 atom stereocenters. The lowest BCUT2D eigenvalue weighted by atomic mass is 9.96. The lowest BCUT2D eigenvalue weighted by Crippen LogP contribution is -1.98. The Morgan fingerprint density at radius 2 is 0.534 bits per heavy atom. The van der Waals surface area contributed by atoms with E-state index in [4.69, 9.17) is 0 Å². The Morgan fingerprint density at radius 3 is 0.822 bits per heavy atom. The molecular weight excluding hydrogens is 885 g/mol. The van der Waals surface area contributed by atoms with Gasteiger partial charge >= 0.3 is 5.97 Å². The summed E-state index contributed by atoms with van der Waals surface area (Å²) in [4.78, 5) is 11.9. The van der Waals surface area contributed by atoms with E-state index in [0.717, 1.165) is 111 Å². The first-order valence-electron chi connectivity index (χ1n) is 25.4. The van der Waals surface area contributed by atoms with Crippen molar-refractivity contribution in [2.24, 2.45) is 0 Å². The fraction of sp³-hybridized carbons (Fsp3) is 0.141. The minimum absolute atomic E-state index is 0.263. The Hall–Kier alpha value is -9.23. The predicted octanol–water partition coefficient (Wildman–Crippen LogP) is 16.6. The Balaban J connectivity index is 0.888. The largest absolute Gasteiger partial charge is 0.478 e. The fourth-order valence-corrected chi connectivity index (χ4v) is 9.71. The van der Waals surface area contributed by atoms with E-state index in [1.54, 1.807) is 12.1 Å². The molecule has 0 heterocycles. The maximum absolute atomic E-state index is 11.9. The van der Waals surface area contributed by atoms with Crippen molar-refractivity contribution in [1.29, 1.82) is 0 Å². The van der Waals surface area contributed by atoms with Crippen LogP contribution in [0.15, 0.2) is 182 Å². The molecular formula is C71H52O2. The molecule has 0 aliphatic heterocycles. The third kappa shape index (κ3) is 10.8. The lowest BCUT2D eigenvalue weighted by Gasteiger charge is -2.06. The van der Waals surface area contributed by atoms with Crippen LogP contribution in [0.5, 0.6) is 0 Å². The van der Waals surface area contributed by atoms with Gasteiger partial charge in [0.1, 0.15) is 0 Å². The molecule has 2 nitrogen and oxygen atoms in total. The van der Waals surface area contributed by atoms with Crippen LogP contribution in [0.1, 0.15) is 125 Å². The molecule has 0 aliphatic carbocycles. The van der Waals surface area contributed by atoms with Gasteiger partial charge in [0.15, 0.2) is 0 Å². The van der Waals surface area contributed by atoms with Crippen molar-refractivity contribution in [1.82, 2.24) is 0 Å². The summed E-state index contributed by atoms with van der Waals surface area (Å²) in [5, 5.41) is 19.7. The van der Waals surface area contributed by atoms with Crippen molar-refractivity contribution in [3.8, 4) is 59.2 Å². The van der Waals surface area contributed by atoms with Crippen molar-refractivity contribution in [3.05, 3.63) is 238 Å². The Morgan fingerprint density at radius 1 is 0.301 bits per heavy atom. The average Bonchev–Trinajstić information content (AvgIpc) is 3.43. The molecule has 10 rings (SSSR count). The lowest BCUT2D eigenvalue weighted by molar-refractivity contribution is 0.0699. The highest BCUT2D eigenvalue weighted by Gasteiger charge is 2.11. The average molecular weight is 937 g/mol. The van der Waals surface area contributed by atoms with Gasteiger partial charge in [0, 0.05) is 56.5 Å². The van der Waals surface area contributed by atoms with E-state index in [9.17, 15) is 9.90 Å². The van der Waals surface area contributed by atoms with Gasteiger partial charge in [-0.2, -0.15) is 0 Å². The molecule has 348 valence electrons. The summed E-state index contributed by atoms with van der Waals surface area (Å²) in [7, 11) is 0. The third-order valence-corrected chi connectivity index (χ3v) is 13.6. The van der Waals surface area contributed by atoms with Crippen LogP contribution in [0.2, 0.25) is 0 Å². The predicted molar refractivity (Wildman–Crippen MR) is 305 cm³/mol. The number of fused-ring (bicyclic) bond motifs is 5. The molecule has 0 bridgehead atoms. The SMILES string of the molecule is CCCCCCCCCCC#Cc1ccc(C#Cc2ccc(C#Cc3ccc(C#Cc4ccc(C#Cc5ccc(C(=O)O)c6ccccc56)c5ccccc45)c4ccccc34)c3ccccc23)c2ccccc12. The van der Waals surface area contributed by atoms with Gasteiger partial charge in [-0.3, -0.25) is 0 Å². The molecule has 0 unspecified atom stereocenters. The minimum Gasteiger partial charge on any atom is -0.478 e. The van der Waals surface area contributed by atoms with Crippen LogP contribution >= 0.6 is 0 Å². The van der Waals surface area contributed by atoms with Gasteiger partial charge in [-0.1, -0.05) is 232 Å².